The predicted molar refractivity (Wildman–Crippen MR) is 69.2 cm³/mol. The SMILES string of the molecule is Cc1cccc(-c2n[nH]c(CCN)c2Br)c1. The molecule has 16 heavy (non-hydrogen) atoms. The number of nitrogens with zero attached hydrogens (tertiary/aromatic N) is 1. The van der Waals surface area contributed by atoms with Crippen LogP contribution in [0.25, 0.3) is 11.3 Å². The minimum Gasteiger partial charge on any atom is -0.330 e. The second-order valence-electron chi connectivity index (χ2n) is 3.77. The van der Waals surface area contributed by atoms with Crippen molar-refractivity contribution in [1.29, 1.82) is 0 Å². The van der Waals surface area contributed by atoms with Crippen molar-refractivity contribution < 1.29 is 0 Å². The second kappa shape index (κ2) is 4.80. The number of aromatic amines is 1. The van der Waals surface area contributed by atoms with Gasteiger partial charge in [0.15, 0.2) is 0 Å². The molecule has 0 unspecified atom stereocenters. The van der Waals surface area contributed by atoms with Crippen molar-refractivity contribution in [2.24, 2.45) is 5.73 Å². The lowest BCUT2D eigenvalue weighted by molar-refractivity contribution is 0.898. The number of nitrogens with one attached hydrogen (secondary N) is 1. The van der Waals surface area contributed by atoms with Gasteiger partial charge < -0.3 is 5.73 Å². The van der Waals surface area contributed by atoms with Gasteiger partial charge in [-0.15, -0.1) is 0 Å². The molecule has 4 heteroatoms. The molecule has 0 spiro atoms. The molecule has 0 aliphatic rings. The Morgan fingerprint density at radius 2 is 2.25 bits per heavy atom. The summed E-state index contributed by atoms with van der Waals surface area (Å²) in [6, 6.07) is 8.28. The van der Waals surface area contributed by atoms with E-state index in [-0.39, 0.29) is 0 Å². The highest BCUT2D eigenvalue weighted by Crippen LogP contribution is 2.29. The van der Waals surface area contributed by atoms with Gasteiger partial charge >= 0.3 is 0 Å². The van der Waals surface area contributed by atoms with Gasteiger partial charge in [-0.05, 0) is 35.5 Å². The molecule has 0 bridgehead atoms. The standard InChI is InChI=1S/C12H14BrN3/c1-8-3-2-4-9(7-8)12-11(13)10(5-6-14)15-16-12/h2-4,7H,5-6,14H2,1H3,(H,15,16). The number of benzene rings is 1. The van der Waals surface area contributed by atoms with Gasteiger partial charge in [0.25, 0.3) is 0 Å². The van der Waals surface area contributed by atoms with Gasteiger partial charge in [0, 0.05) is 12.0 Å². The minimum atomic E-state index is 0.619. The van der Waals surface area contributed by atoms with Crippen molar-refractivity contribution in [2.45, 2.75) is 13.3 Å². The van der Waals surface area contributed by atoms with E-state index in [0.29, 0.717) is 6.54 Å². The highest BCUT2D eigenvalue weighted by atomic mass is 79.9. The Labute approximate surface area is 103 Å². The first-order valence-corrected chi connectivity index (χ1v) is 6.01. The van der Waals surface area contributed by atoms with Crippen molar-refractivity contribution in [1.82, 2.24) is 10.2 Å². The van der Waals surface area contributed by atoms with Crippen LogP contribution in [0.15, 0.2) is 28.7 Å². The van der Waals surface area contributed by atoms with Crippen molar-refractivity contribution in [3.05, 3.63) is 40.0 Å². The third-order valence-electron chi connectivity index (χ3n) is 2.46. The van der Waals surface area contributed by atoms with Gasteiger partial charge in [0.1, 0.15) is 5.69 Å². The molecule has 0 fully saturated rings. The molecule has 1 aromatic carbocycles. The molecular weight excluding hydrogens is 266 g/mol. The molecule has 2 aromatic rings. The molecule has 0 atom stereocenters. The van der Waals surface area contributed by atoms with E-state index in [1.165, 1.54) is 5.56 Å². The predicted octanol–water partition coefficient (Wildman–Crippen LogP) is 2.65. The Morgan fingerprint density at radius 1 is 1.44 bits per heavy atom. The lowest BCUT2D eigenvalue weighted by atomic mass is 10.1. The third-order valence-corrected chi connectivity index (χ3v) is 3.32. The maximum Gasteiger partial charge on any atom is 0.107 e. The number of aromatic nitrogens is 2. The summed E-state index contributed by atoms with van der Waals surface area (Å²) in [5.74, 6) is 0. The first-order valence-electron chi connectivity index (χ1n) is 5.22. The zero-order valence-electron chi connectivity index (χ0n) is 9.13. The van der Waals surface area contributed by atoms with E-state index in [0.717, 1.165) is 27.8 Å². The lowest BCUT2D eigenvalue weighted by Gasteiger charge is -1.99. The summed E-state index contributed by atoms with van der Waals surface area (Å²) in [4.78, 5) is 0. The smallest absolute Gasteiger partial charge is 0.107 e. The monoisotopic (exact) mass is 279 g/mol. The van der Waals surface area contributed by atoms with Crippen molar-refractivity contribution in [3.8, 4) is 11.3 Å². The van der Waals surface area contributed by atoms with Crippen LogP contribution in [0.1, 0.15) is 11.3 Å². The number of hydrogen-bond donors (Lipinski definition) is 2. The van der Waals surface area contributed by atoms with Crippen LogP contribution in [0.4, 0.5) is 0 Å². The van der Waals surface area contributed by atoms with Crippen molar-refractivity contribution >= 4 is 15.9 Å². The average molecular weight is 280 g/mol. The molecule has 3 nitrogen and oxygen atoms in total. The number of H-pyrrole nitrogens is 1. The Kier molecular flexibility index (Phi) is 3.41. The van der Waals surface area contributed by atoms with Crippen molar-refractivity contribution in [3.63, 3.8) is 0 Å². The highest BCUT2D eigenvalue weighted by Gasteiger charge is 2.11. The van der Waals surface area contributed by atoms with E-state index in [9.17, 15) is 0 Å². The Bertz CT molecular complexity index is 491. The molecule has 0 aliphatic carbocycles. The number of halogens is 1. The van der Waals surface area contributed by atoms with Crippen molar-refractivity contribution in [2.75, 3.05) is 6.54 Å². The van der Waals surface area contributed by atoms with Gasteiger partial charge in [-0.1, -0.05) is 23.8 Å². The van der Waals surface area contributed by atoms with E-state index < -0.39 is 0 Å². The fraction of sp³-hybridized carbons (Fsp3) is 0.250. The average Bonchev–Trinajstić information content (AvgIpc) is 2.61. The van der Waals surface area contributed by atoms with Gasteiger partial charge in [0.2, 0.25) is 0 Å². The van der Waals surface area contributed by atoms with Crippen LogP contribution < -0.4 is 5.73 Å². The molecule has 1 aromatic heterocycles. The molecular formula is C12H14BrN3. The highest BCUT2D eigenvalue weighted by molar-refractivity contribution is 9.10. The Hall–Kier alpha value is -1.13. The number of aryl methyl sites for hydroxylation is 1. The van der Waals surface area contributed by atoms with E-state index in [1.807, 2.05) is 6.07 Å². The number of rotatable bonds is 3. The van der Waals surface area contributed by atoms with E-state index in [1.54, 1.807) is 0 Å². The summed E-state index contributed by atoms with van der Waals surface area (Å²) < 4.78 is 1.02. The maximum absolute atomic E-state index is 5.53. The van der Waals surface area contributed by atoms with E-state index in [2.05, 4.69) is 51.3 Å². The van der Waals surface area contributed by atoms with E-state index in [4.69, 9.17) is 5.73 Å². The minimum absolute atomic E-state index is 0.619. The zero-order chi connectivity index (χ0) is 11.5. The van der Waals surface area contributed by atoms with E-state index >= 15 is 0 Å². The Morgan fingerprint density at radius 3 is 2.94 bits per heavy atom. The Balaban J connectivity index is 2.41. The first-order chi connectivity index (χ1) is 7.72. The van der Waals surface area contributed by atoms with Crippen LogP contribution in [-0.2, 0) is 6.42 Å². The van der Waals surface area contributed by atoms with Crippen LogP contribution in [0, 0.1) is 6.92 Å². The second-order valence-corrected chi connectivity index (χ2v) is 4.57. The molecule has 2 rings (SSSR count). The summed E-state index contributed by atoms with van der Waals surface area (Å²) in [7, 11) is 0. The van der Waals surface area contributed by atoms with Crippen LogP contribution in [0.5, 0.6) is 0 Å². The first kappa shape index (κ1) is 11.4. The molecule has 0 saturated carbocycles. The lowest BCUT2D eigenvalue weighted by Crippen LogP contribution is -2.03. The molecule has 84 valence electrons. The maximum atomic E-state index is 5.53. The summed E-state index contributed by atoms with van der Waals surface area (Å²) in [6.07, 6.45) is 0.805. The fourth-order valence-corrected chi connectivity index (χ4v) is 2.26. The van der Waals surface area contributed by atoms with Crippen LogP contribution >= 0.6 is 15.9 Å². The van der Waals surface area contributed by atoms with Gasteiger partial charge in [-0.2, -0.15) is 5.10 Å². The molecule has 0 radical (unpaired) electrons. The molecule has 0 amide bonds. The molecule has 3 N–H and O–H groups in total. The van der Waals surface area contributed by atoms with Gasteiger partial charge in [-0.25, -0.2) is 0 Å². The zero-order valence-corrected chi connectivity index (χ0v) is 10.7. The third kappa shape index (κ3) is 2.18. The quantitative estimate of drug-likeness (QED) is 0.908. The van der Waals surface area contributed by atoms with Gasteiger partial charge in [0.05, 0.1) is 10.2 Å². The summed E-state index contributed by atoms with van der Waals surface area (Å²) in [6.45, 7) is 2.69. The number of nitrogens with two attached hydrogens (primary N) is 1. The van der Waals surface area contributed by atoms with Crippen LogP contribution in [-0.4, -0.2) is 16.7 Å². The topological polar surface area (TPSA) is 54.7 Å². The number of hydrogen-bond acceptors (Lipinski definition) is 2. The van der Waals surface area contributed by atoms with Gasteiger partial charge in [-0.3, -0.25) is 5.10 Å². The normalized spacial score (nSPS) is 10.7. The largest absolute Gasteiger partial charge is 0.330 e. The fourth-order valence-electron chi connectivity index (χ4n) is 1.66. The summed E-state index contributed by atoms with van der Waals surface area (Å²) in [5.41, 5.74) is 9.89. The molecule has 0 saturated heterocycles. The summed E-state index contributed by atoms with van der Waals surface area (Å²) in [5, 5.41) is 7.33. The van der Waals surface area contributed by atoms with Crippen LogP contribution in [0.2, 0.25) is 0 Å². The van der Waals surface area contributed by atoms with Crippen LogP contribution in [0.3, 0.4) is 0 Å². The molecule has 1 heterocycles. The molecule has 0 aliphatic heterocycles. The summed E-state index contributed by atoms with van der Waals surface area (Å²) >= 11 is 3.56.